The molecule has 0 aliphatic heterocycles. The Bertz CT molecular complexity index is 181. The lowest BCUT2D eigenvalue weighted by Gasteiger charge is -2.06. The van der Waals surface area contributed by atoms with Crippen molar-refractivity contribution in [3.63, 3.8) is 0 Å². The summed E-state index contributed by atoms with van der Waals surface area (Å²) in [6, 6.07) is 10.6. The molecule has 0 saturated heterocycles. The molecular formula is C11H17Br. The molecule has 0 aromatic heterocycles. The van der Waals surface area contributed by atoms with E-state index in [1.165, 1.54) is 12.0 Å². The first-order chi connectivity index (χ1) is 5.84. The van der Waals surface area contributed by atoms with E-state index in [4.69, 9.17) is 0 Å². The molecule has 0 heterocycles. The van der Waals surface area contributed by atoms with Gasteiger partial charge in [-0.15, -0.1) is 0 Å². The summed E-state index contributed by atoms with van der Waals surface area (Å²) in [5, 5.41) is 0. The first kappa shape index (κ1) is 11.7. The van der Waals surface area contributed by atoms with Crippen LogP contribution in [0.5, 0.6) is 0 Å². The minimum Gasteiger partial charge on any atom is -0.0966 e. The Morgan fingerprint density at radius 2 is 1.67 bits per heavy atom. The van der Waals surface area contributed by atoms with Gasteiger partial charge in [0.1, 0.15) is 0 Å². The molecule has 1 heteroatoms. The molecule has 1 aromatic carbocycles. The summed E-state index contributed by atoms with van der Waals surface area (Å²) >= 11 is 2.94. The van der Waals surface area contributed by atoms with E-state index in [0.717, 1.165) is 0 Å². The van der Waals surface area contributed by atoms with Gasteiger partial charge in [-0.05, 0) is 23.7 Å². The van der Waals surface area contributed by atoms with Crippen LogP contribution in [0.1, 0.15) is 31.7 Å². The van der Waals surface area contributed by atoms with Gasteiger partial charge in [0.15, 0.2) is 0 Å². The summed E-state index contributed by atoms with van der Waals surface area (Å²) in [6.07, 6.45) is 1.23. The third-order valence-electron chi connectivity index (χ3n) is 1.98. The van der Waals surface area contributed by atoms with Crippen LogP contribution in [0, 0.1) is 0 Å². The molecule has 1 rings (SSSR count). The van der Waals surface area contributed by atoms with Crippen molar-refractivity contribution in [2.75, 3.05) is 5.83 Å². The van der Waals surface area contributed by atoms with E-state index in [1.807, 2.05) is 5.83 Å². The molecule has 0 aliphatic rings. The Morgan fingerprint density at radius 1 is 1.17 bits per heavy atom. The number of halogens is 1. The van der Waals surface area contributed by atoms with Gasteiger partial charge in [-0.3, -0.25) is 0 Å². The van der Waals surface area contributed by atoms with E-state index in [0.29, 0.717) is 5.92 Å². The average Bonchev–Trinajstić information content (AvgIpc) is 2.21. The fourth-order valence-corrected chi connectivity index (χ4v) is 1.02. The second kappa shape index (κ2) is 7.35. The zero-order valence-corrected chi connectivity index (χ0v) is 9.64. The van der Waals surface area contributed by atoms with Crippen molar-refractivity contribution in [1.82, 2.24) is 0 Å². The Labute approximate surface area is 84.1 Å². The van der Waals surface area contributed by atoms with Gasteiger partial charge in [0.2, 0.25) is 0 Å². The highest BCUT2D eigenvalue weighted by molar-refractivity contribution is 9.08. The van der Waals surface area contributed by atoms with E-state index in [1.54, 1.807) is 0 Å². The van der Waals surface area contributed by atoms with Gasteiger partial charge in [0.05, 0.1) is 0 Å². The minimum absolute atomic E-state index is 0.709. The molecule has 0 N–H and O–H groups in total. The monoisotopic (exact) mass is 228 g/mol. The van der Waals surface area contributed by atoms with Crippen LogP contribution in [-0.4, -0.2) is 5.83 Å². The smallest absolute Gasteiger partial charge is 0.00848 e. The number of alkyl halides is 1. The first-order valence-corrected chi connectivity index (χ1v) is 5.86. The summed E-state index contributed by atoms with van der Waals surface area (Å²) in [7, 11) is 0. The summed E-state index contributed by atoms with van der Waals surface area (Å²) in [6.45, 7) is 4.48. The zero-order chi connectivity index (χ0) is 9.40. The Balaban J connectivity index is 0.000000561. The topological polar surface area (TPSA) is 0 Å². The fourth-order valence-electron chi connectivity index (χ4n) is 1.02. The SMILES string of the molecule is CBr.CCC(C)c1ccccc1. The maximum absolute atomic E-state index is 2.94. The molecule has 0 radical (unpaired) electrons. The standard InChI is InChI=1S/C10H14.CH3Br/c1-3-9(2)10-7-5-4-6-8-10;1-2/h4-9H,3H2,1-2H3;1H3. The molecule has 0 saturated carbocycles. The Morgan fingerprint density at radius 3 is 2.08 bits per heavy atom. The fraction of sp³-hybridized carbons (Fsp3) is 0.455. The van der Waals surface area contributed by atoms with Crippen LogP contribution in [0.2, 0.25) is 0 Å². The van der Waals surface area contributed by atoms with Crippen LogP contribution in [-0.2, 0) is 0 Å². The second-order valence-electron chi connectivity index (χ2n) is 2.72. The molecule has 0 bridgehead atoms. The molecule has 0 aliphatic carbocycles. The van der Waals surface area contributed by atoms with E-state index in [-0.39, 0.29) is 0 Å². The highest BCUT2D eigenvalue weighted by Gasteiger charge is 1.98. The third kappa shape index (κ3) is 3.91. The van der Waals surface area contributed by atoms with E-state index in [9.17, 15) is 0 Å². The van der Waals surface area contributed by atoms with Crippen molar-refractivity contribution in [1.29, 1.82) is 0 Å². The van der Waals surface area contributed by atoms with Crippen molar-refractivity contribution in [3.8, 4) is 0 Å². The van der Waals surface area contributed by atoms with Gasteiger partial charge in [-0.2, -0.15) is 0 Å². The molecule has 68 valence electrons. The maximum atomic E-state index is 2.94. The molecule has 0 amide bonds. The van der Waals surface area contributed by atoms with Gasteiger partial charge < -0.3 is 0 Å². The predicted molar refractivity (Wildman–Crippen MR) is 60.0 cm³/mol. The quantitative estimate of drug-likeness (QED) is 0.666. The van der Waals surface area contributed by atoms with Crippen LogP contribution in [0.15, 0.2) is 30.3 Å². The maximum Gasteiger partial charge on any atom is -0.00848 e. The summed E-state index contributed by atoms with van der Waals surface area (Å²) in [4.78, 5) is 0. The molecule has 0 nitrogen and oxygen atoms in total. The lowest BCUT2D eigenvalue weighted by Crippen LogP contribution is -1.88. The van der Waals surface area contributed by atoms with E-state index in [2.05, 4.69) is 60.1 Å². The highest BCUT2D eigenvalue weighted by Crippen LogP contribution is 2.16. The minimum atomic E-state index is 0.709. The molecule has 0 spiro atoms. The van der Waals surface area contributed by atoms with Crippen molar-refractivity contribution in [2.45, 2.75) is 26.2 Å². The normalized spacial score (nSPS) is 11.3. The van der Waals surface area contributed by atoms with Crippen LogP contribution in [0.4, 0.5) is 0 Å². The second-order valence-corrected chi connectivity index (χ2v) is 2.72. The number of hydrogen-bond donors (Lipinski definition) is 0. The van der Waals surface area contributed by atoms with Crippen LogP contribution in [0.25, 0.3) is 0 Å². The molecule has 1 unspecified atom stereocenters. The average molecular weight is 229 g/mol. The van der Waals surface area contributed by atoms with Gasteiger partial charge in [0.25, 0.3) is 0 Å². The van der Waals surface area contributed by atoms with Gasteiger partial charge >= 0.3 is 0 Å². The number of rotatable bonds is 2. The number of benzene rings is 1. The van der Waals surface area contributed by atoms with Crippen molar-refractivity contribution >= 4 is 15.9 Å². The van der Waals surface area contributed by atoms with Crippen molar-refractivity contribution in [3.05, 3.63) is 35.9 Å². The van der Waals surface area contributed by atoms with Gasteiger partial charge in [-0.1, -0.05) is 60.1 Å². The molecule has 1 atom stereocenters. The summed E-state index contributed by atoms with van der Waals surface area (Å²) < 4.78 is 0. The lowest BCUT2D eigenvalue weighted by atomic mass is 9.99. The van der Waals surface area contributed by atoms with Crippen LogP contribution < -0.4 is 0 Å². The van der Waals surface area contributed by atoms with Crippen LogP contribution >= 0.6 is 15.9 Å². The summed E-state index contributed by atoms with van der Waals surface area (Å²) in [5.41, 5.74) is 1.45. The molecule has 0 fully saturated rings. The molecule has 1 aromatic rings. The molecule has 12 heavy (non-hydrogen) atoms. The number of hydrogen-bond acceptors (Lipinski definition) is 0. The Hall–Kier alpha value is -0.300. The first-order valence-electron chi connectivity index (χ1n) is 4.27. The lowest BCUT2D eigenvalue weighted by molar-refractivity contribution is 0.733. The van der Waals surface area contributed by atoms with E-state index >= 15 is 0 Å². The van der Waals surface area contributed by atoms with E-state index < -0.39 is 0 Å². The highest BCUT2D eigenvalue weighted by atomic mass is 79.9. The van der Waals surface area contributed by atoms with Crippen molar-refractivity contribution < 1.29 is 0 Å². The van der Waals surface area contributed by atoms with Crippen molar-refractivity contribution in [2.24, 2.45) is 0 Å². The van der Waals surface area contributed by atoms with Crippen LogP contribution in [0.3, 0.4) is 0 Å². The third-order valence-corrected chi connectivity index (χ3v) is 1.98. The molecular weight excluding hydrogens is 212 g/mol. The van der Waals surface area contributed by atoms with Gasteiger partial charge in [-0.25, -0.2) is 0 Å². The summed E-state index contributed by atoms with van der Waals surface area (Å²) in [5.74, 6) is 2.52. The zero-order valence-electron chi connectivity index (χ0n) is 8.05. The predicted octanol–water partition coefficient (Wildman–Crippen LogP) is 4.21. The largest absolute Gasteiger partial charge is 0.0966 e. The Kier molecular flexibility index (Phi) is 7.17. The van der Waals surface area contributed by atoms with Gasteiger partial charge in [0, 0.05) is 0 Å².